The molecule has 0 spiro atoms. The van der Waals surface area contributed by atoms with E-state index in [0.717, 1.165) is 16.6 Å². The summed E-state index contributed by atoms with van der Waals surface area (Å²) in [5, 5.41) is 4.48. The van der Waals surface area contributed by atoms with E-state index in [1.54, 1.807) is 0 Å². The highest BCUT2D eigenvalue weighted by Gasteiger charge is 2.24. The summed E-state index contributed by atoms with van der Waals surface area (Å²) in [6, 6.07) is 6.58. The number of aryl methyl sites for hydroxylation is 1. The third-order valence-corrected chi connectivity index (χ3v) is 4.79. The van der Waals surface area contributed by atoms with Crippen molar-refractivity contribution in [3.8, 4) is 0 Å². The van der Waals surface area contributed by atoms with Crippen molar-refractivity contribution in [3.05, 3.63) is 28.8 Å². The average Bonchev–Trinajstić information content (AvgIpc) is 2.44. The summed E-state index contributed by atoms with van der Waals surface area (Å²) in [5.41, 5.74) is 2.34. The lowest BCUT2D eigenvalue weighted by molar-refractivity contribution is 0.176. The van der Waals surface area contributed by atoms with Crippen molar-refractivity contribution in [3.63, 3.8) is 0 Å². The van der Waals surface area contributed by atoms with E-state index in [4.69, 9.17) is 11.6 Å². The normalized spacial score (nSPS) is 19.0. The molecule has 0 aromatic heterocycles. The lowest BCUT2D eigenvalue weighted by atomic mass is 9.90. The van der Waals surface area contributed by atoms with Crippen molar-refractivity contribution >= 4 is 17.3 Å². The summed E-state index contributed by atoms with van der Waals surface area (Å²) in [7, 11) is 0. The van der Waals surface area contributed by atoms with Gasteiger partial charge in [-0.1, -0.05) is 30.7 Å². The molecule has 0 radical (unpaired) electrons. The van der Waals surface area contributed by atoms with Gasteiger partial charge in [-0.05, 0) is 70.3 Å². The minimum absolute atomic E-state index is 0.484. The fourth-order valence-electron chi connectivity index (χ4n) is 3.15. The molecular formula is C17H27ClN2. The third kappa shape index (κ3) is 3.89. The van der Waals surface area contributed by atoms with E-state index in [-0.39, 0.29) is 0 Å². The summed E-state index contributed by atoms with van der Waals surface area (Å²) in [5.74, 6) is 0.749. The molecule has 1 atom stereocenters. The Morgan fingerprint density at radius 2 is 2.05 bits per heavy atom. The molecule has 1 N–H and O–H groups in total. The molecule has 2 nitrogen and oxygen atoms in total. The lowest BCUT2D eigenvalue weighted by Gasteiger charge is -2.35. The third-order valence-electron chi connectivity index (χ3n) is 4.47. The molecule has 1 aliphatic heterocycles. The van der Waals surface area contributed by atoms with E-state index >= 15 is 0 Å². The smallest absolute Gasteiger partial charge is 0.0640 e. The predicted molar refractivity (Wildman–Crippen MR) is 88.7 cm³/mol. The first kappa shape index (κ1) is 15.7. The quantitative estimate of drug-likeness (QED) is 0.856. The molecule has 112 valence electrons. The van der Waals surface area contributed by atoms with E-state index in [0.29, 0.717) is 6.04 Å². The van der Waals surface area contributed by atoms with E-state index in [1.807, 2.05) is 12.1 Å². The highest BCUT2D eigenvalue weighted by Crippen LogP contribution is 2.29. The lowest BCUT2D eigenvalue weighted by Crippen LogP contribution is -2.39. The molecule has 1 fully saturated rings. The van der Waals surface area contributed by atoms with Gasteiger partial charge in [0.05, 0.1) is 10.7 Å². The minimum Gasteiger partial charge on any atom is -0.381 e. The van der Waals surface area contributed by atoms with Crippen LogP contribution < -0.4 is 5.32 Å². The van der Waals surface area contributed by atoms with Gasteiger partial charge in [-0.25, -0.2) is 0 Å². The second-order valence-electron chi connectivity index (χ2n) is 6.04. The molecule has 0 saturated carbocycles. The van der Waals surface area contributed by atoms with E-state index < -0.39 is 0 Å². The Kier molecular flexibility index (Phi) is 5.74. The number of anilines is 1. The van der Waals surface area contributed by atoms with E-state index in [2.05, 4.69) is 37.1 Å². The van der Waals surface area contributed by atoms with Crippen molar-refractivity contribution < 1.29 is 0 Å². The molecule has 0 amide bonds. The second-order valence-corrected chi connectivity index (χ2v) is 6.45. The molecule has 1 unspecified atom stereocenters. The van der Waals surface area contributed by atoms with Crippen LogP contribution in [0.15, 0.2) is 18.2 Å². The summed E-state index contributed by atoms with van der Waals surface area (Å²) < 4.78 is 0. The number of halogens is 1. The van der Waals surface area contributed by atoms with Crippen LogP contribution in [0.1, 0.15) is 38.7 Å². The Hall–Kier alpha value is -0.730. The van der Waals surface area contributed by atoms with Crippen LogP contribution >= 0.6 is 11.6 Å². The molecule has 1 saturated heterocycles. The minimum atomic E-state index is 0.484. The van der Waals surface area contributed by atoms with Crippen LogP contribution in [0.2, 0.25) is 5.02 Å². The number of hydrogen-bond donors (Lipinski definition) is 1. The maximum absolute atomic E-state index is 6.31. The molecule has 3 heteroatoms. The van der Waals surface area contributed by atoms with E-state index in [1.165, 1.54) is 44.5 Å². The highest BCUT2D eigenvalue weighted by atomic mass is 35.5. The number of likely N-dealkylation sites (tertiary alicyclic amines) is 1. The van der Waals surface area contributed by atoms with Gasteiger partial charge in [-0.2, -0.15) is 0 Å². The van der Waals surface area contributed by atoms with Crippen molar-refractivity contribution in [2.24, 2.45) is 5.92 Å². The van der Waals surface area contributed by atoms with Crippen molar-refractivity contribution in [2.45, 2.75) is 46.1 Å². The number of nitrogens with zero attached hydrogens (tertiary/aromatic N) is 1. The monoisotopic (exact) mass is 294 g/mol. The Balaban J connectivity index is 1.91. The Bertz CT molecular complexity index is 405. The second kappa shape index (κ2) is 7.33. The first-order valence-corrected chi connectivity index (χ1v) is 8.23. The first-order chi connectivity index (χ1) is 9.61. The summed E-state index contributed by atoms with van der Waals surface area (Å²) >= 11 is 6.31. The maximum Gasteiger partial charge on any atom is 0.0640 e. The Labute approximate surface area is 128 Å². The number of hydrogen-bond acceptors (Lipinski definition) is 2. The van der Waals surface area contributed by atoms with Gasteiger partial charge in [-0.15, -0.1) is 0 Å². The number of para-hydroxylation sites is 1. The number of rotatable bonds is 5. The van der Waals surface area contributed by atoms with Gasteiger partial charge in [0.15, 0.2) is 0 Å². The molecule has 1 heterocycles. The molecule has 1 aromatic carbocycles. The van der Waals surface area contributed by atoms with Crippen molar-refractivity contribution in [1.29, 1.82) is 0 Å². The number of benzene rings is 1. The topological polar surface area (TPSA) is 15.3 Å². The Morgan fingerprint density at radius 1 is 1.35 bits per heavy atom. The van der Waals surface area contributed by atoms with Gasteiger partial charge in [0.1, 0.15) is 0 Å². The summed E-state index contributed by atoms with van der Waals surface area (Å²) in [6.45, 7) is 10.4. The van der Waals surface area contributed by atoms with Crippen LogP contribution in [-0.4, -0.2) is 30.6 Å². The standard InChI is InChI=1S/C17H27ClN2/c1-4-10-20-11-8-15(9-12-20)14(3)19-17-13(2)6-5-7-16(17)18/h5-7,14-15,19H,4,8-12H2,1-3H3. The summed E-state index contributed by atoms with van der Waals surface area (Å²) in [4.78, 5) is 2.59. The zero-order valence-electron chi connectivity index (χ0n) is 13.0. The molecule has 0 bridgehead atoms. The fourth-order valence-corrected chi connectivity index (χ4v) is 3.43. The molecule has 20 heavy (non-hydrogen) atoms. The van der Waals surface area contributed by atoms with Gasteiger partial charge >= 0.3 is 0 Å². The van der Waals surface area contributed by atoms with Gasteiger partial charge in [0.25, 0.3) is 0 Å². The molecular weight excluding hydrogens is 268 g/mol. The molecule has 1 aromatic rings. The fraction of sp³-hybridized carbons (Fsp3) is 0.647. The van der Waals surface area contributed by atoms with Crippen molar-refractivity contribution in [2.75, 3.05) is 25.0 Å². The zero-order chi connectivity index (χ0) is 14.5. The van der Waals surface area contributed by atoms with Crippen molar-refractivity contribution in [1.82, 2.24) is 4.90 Å². The average molecular weight is 295 g/mol. The molecule has 2 rings (SSSR count). The van der Waals surface area contributed by atoms with Crippen LogP contribution in [0.25, 0.3) is 0 Å². The van der Waals surface area contributed by atoms with E-state index in [9.17, 15) is 0 Å². The largest absolute Gasteiger partial charge is 0.381 e. The van der Waals surface area contributed by atoms with Gasteiger partial charge in [0.2, 0.25) is 0 Å². The summed E-state index contributed by atoms with van der Waals surface area (Å²) in [6.07, 6.45) is 3.84. The maximum atomic E-state index is 6.31. The van der Waals surface area contributed by atoms with Gasteiger partial charge in [-0.3, -0.25) is 0 Å². The Morgan fingerprint density at radius 3 is 2.65 bits per heavy atom. The van der Waals surface area contributed by atoms with Gasteiger partial charge < -0.3 is 10.2 Å². The predicted octanol–water partition coefficient (Wildman–Crippen LogP) is 4.57. The van der Waals surface area contributed by atoms with Crippen LogP contribution in [0.3, 0.4) is 0 Å². The van der Waals surface area contributed by atoms with Crippen LogP contribution in [0.4, 0.5) is 5.69 Å². The highest BCUT2D eigenvalue weighted by molar-refractivity contribution is 6.33. The van der Waals surface area contributed by atoms with Crippen LogP contribution in [0.5, 0.6) is 0 Å². The SMILES string of the molecule is CCCN1CCC(C(C)Nc2c(C)cccc2Cl)CC1. The number of nitrogens with one attached hydrogen (secondary N) is 1. The van der Waals surface area contributed by atoms with Crippen LogP contribution in [-0.2, 0) is 0 Å². The first-order valence-electron chi connectivity index (χ1n) is 7.85. The van der Waals surface area contributed by atoms with Gasteiger partial charge in [0, 0.05) is 6.04 Å². The molecule has 1 aliphatic rings. The zero-order valence-corrected chi connectivity index (χ0v) is 13.7. The number of piperidine rings is 1. The molecule has 0 aliphatic carbocycles. The van der Waals surface area contributed by atoms with Crippen LogP contribution in [0, 0.1) is 12.8 Å².